The quantitative estimate of drug-likeness (QED) is 0.666. The molecule has 0 radical (unpaired) electrons. The first kappa shape index (κ1) is 12.9. The van der Waals surface area contributed by atoms with Gasteiger partial charge in [0.15, 0.2) is 0 Å². The van der Waals surface area contributed by atoms with Gasteiger partial charge < -0.3 is 0 Å². The van der Waals surface area contributed by atoms with Crippen molar-refractivity contribution in [3.05, 3.63) is 59.7 Å². The lowest BCUT2D eigenvalue weighted by atomic mass is 9.98. The number of rotatable bonds is 5. The van der Waals surface area contributed by atoms with Crippen molar-refractivity contribution in [3.8, 4) is 11.1 Å². The largest absolute Gasteiger partial charge is 0.0651 e. The Morgan fingerprint density at radius 2 is 1.11 bits per heavy atom. The van der Waals surface area contributed by atoms with Crippen molar-refractivity contribution in [1.82, 2.24) is 0 Å². The van der Waals surface area contributed by atoms with E-state index in [2.05, 4.69) is 62.4 Å². The summed E-state index contributed by atoms with van der Waals surface area (Å²) in [5.41, 5.74) is 5.57. The molecule has 0 unspecified atom stereocenters. The minimum absolute atomic E-state index is 1.17. The van der Waals surface area contributed by atoms with Crippen LogP contribution in [0.5, 0.6) is 0 Å². The third kappa shape index (κ3) is 3.22. The Morgan fingerprint density at radius 3 is 1.50 bits per heavy atom. The van der Waals surface area contributed by atoms with Gasteiger partial charge in [0.25, 0.3) is 0 Å². The lowest BCUT2D eigenvalue weighted by molar-refractivity contribution is 0.920. The monoisotopic (exact) mass is 238 g/mol. The van der Waals surface area contributed by atoms with Crippen molar-refractivity contribution in [1.29, 1.82) is 0 Å². The minimum Gasteiger partial charge on any atom is -0.0651 e. The second-order valence-electron chi connectivity index (χ2n) is 4.90. The molecule has 0 bridgehead atoms. The molecule has 0 atom stereocenters. The molecule has 0 aliphatic carbocycles. The van der Waals surface area contributed by atoms with Crippen molar-refractivity contribution in [2.24, 2.45) is 0 Å². The first-order valence-corrected chi connectivity index (χ1v) is 7.01. The smallest absolute Gasteiger partial charge is 0.0181 e. The molecule has 0 aliphatic rings. The molecule has 0 aliphatic heterocycles. The van der Waals surface area contributed by atoms with Crippen LogP contribution in [0.15, 0.2) is 48.5 Å². The summed E-state index contributed by atoms with van der Waals surface area (Å²) < 4.78 is 0. The summed E-state index contributed by atoms with van der Waals surface area (Å²) in [4.78, 5) is 0. The van der Waals surface area contributed by atoms with Gasteiger partial charge in [0.1, 0.15) is 0 Å². The fourth-order valence-corrected chi connectivity index (χ4v) is 2.39. The molecule has 0 saturated carbocycles. The average Bonchev–Trinajstić information content (AvgIpc) is 2.40. The molecule has 0 N–H and O–H groups in total. The highest BCUT2D eigenvalue weighted by molar-refractivity contribution is 5.64. The zero-order chi connectivity index (χ0) is 12.8. The van der Waals surface area contributed by atoms with E-state index in [0.29, 0.717) is 0 Å². The van der Waals surface area contributed by atoms with Crippen LogP contribution in [0.3, 0.4) is 0 Å². The predicted octanol–water partition coefficient (Wildman–Crippen LogP) is 5.26. The summed E-state index contributed by atoms with van der Waals surface area (Å²) >= 11 is 0. The molecule has 94 valence electrons. The third-order valence-electron chi connectivity index (χ3n) is 3.26. The van der Waals surface area contributed by atoms with E-state index in [1.165, 1.54) is 47.9 Å². The standard InChI is InChI=1S/C18H22/c1-3-7-15-9-5-11-17(13-15)18-12-6-10-16(14-18)8-4-2/h5-6,9-14H,3-4,7-8H2,1-2H3. The Balaban J connectivity index is 2.29. The van der Waals surface area contributed by atoms with Crippen molar-refractivity contribution in [3.63, 3.8) is 0 Å². The van der Waals surface area contributed by atoms with Crippen LogP contribution in [-0.2, 0) is 12.8 Å². The van der Waals surface area contributed by atoms with Crippen LogP contribution in [0, 0.1) is 0 Å². The molecule has 2 aromatic carbocycles. The van der Waals surface area contributed by atoms with E-state index in [-0.39, 0.29) is 0 Å². The maximum absolute atomic E-state index is 2.33. The van der Waals surface area contributed by atoms with Gasteiger partial charge in [-0.15, -0.1) is 0 Å². The molecule has 0 heterocycles. The van der Waals surface area contributed by atoms with Crippen molar-refractivity contribution >= 4 is 0 Å². The van der Waals surface area contributed by atoms with Gasteiger partial charge in [-0.1, -0.05) is 75.2 Å². The van der Waals surface area contributed by atoms with Crippen LogP contribution < -0.4 is 0 Å². The minimum atomic E-state index is 1.17. The molecule has 0 nitrogen and oxygen atoms in total. The summed E-state index contributed by atoms with van der Waals surface area (Å²) in [5.74, 6) is 0. The Bertz CT molecular complexity index is 449. The summed E-state index contributed by atoms with van der Waals surface area (Å²) in [6, 6.07) is 17.9. The summed E-state index contributed by atoms with van der Waals surface area (Å²) in [5, 5.41) is 0. The van der Waals surface area contributed by atoms with Gasteiger partial charge >= 0.3 is 0 Å². The normalized spacial score (nSPS) is 10.6. The van der Waals surface area contributed by atoms with E-state index >= 15 is 0 Å². The first-order valence-electron chi connectivity index (χ1n) is 7.01. The molecule has 0 heteroatoms. The maximum atomic E-state index is 2.33. The second kappa shape index (κ2) is 6.39. The van der Waals surface area contributed by atoms with E-state index in [1.54, 1.807) is 0 Å². The molecule has 0 aromatic heterocycles. The van der Waals surface area contributed by atoms with Gasteiger partial charge in [-0.05, 0) is 35.1 Å². The number of hydrogen-bond acceptors (Lipinski definition) is 0. The molecule has 18 heavy (non-hydrogen) atoms. The highest BCUT2D eigenvalue weighted by Gasteiger charge is 2.00. The van der Waals surface area contributed by atoms with Crippen LogP contribution >= 0.6 is 0 Å². The van der Waals surface area contributed by atoms with Crippen molar-refractivity contribution in [2.75, 3.05) is 0 Å². The summed E-state index contributed by atoms with van der Waals surface area (Å²) in [6.07, 6.45) is 4.75. The average molecular weight is 238 g/mol. The zero-order valence-electron chi connectivity index (χ0n) is 11.4. The van der Waals surface area contributed by atoms with Crippen LogP contribution in [0.1, 0.15) is 37.8 Å². The molecule has 0 fully saturated rings. The molecule has 2 aromatic rings. The molecule has 0 saturated heterocycles. The van der Waals surface area contributed by atoms with Gasteiger partial charge in [-0.2, -0.15) is 0 Å². The number of benzene rings is 2. The Kier molecular flexibility index (Phi) is 4.58. The Hall–Kier alpha value is -1.56. The zero-order valence-corrected chi connectivity index (χ0v) is 11.4. The fourth-order valence-electron chi connectivity index (χ4n) is 2.39. The number of hydrogen-bond donors (Lipinski definition) is 0. The SMILES string of the molecule is CCCc1cccc(-c2cccc(CCC)c2)c1. The highest BCUT2D eigenvalue weighted by Crippen LogP contribution is 2.22. The van der Waals surface area contributed by atoms with Gasteiger partial charge in [0.05, 0.1) is 0 Å². The predicted molar refractivity (Wildman–Crippen MR) is 79.9 cm³/mol. The molecule has 0 amide bonds. The van der Waals surface area contributed by atoms with Crippen LogP contribution in [0.2, 0.25) is 0 Å². The van der Waals surface area contributed by atoms with Gasteiger partial charge in [-0.25, -0.2) is 0 Å². The van der Waals surface area contributed by atoms with Crippen molar-refractivity contribution in [2.45, 2.75) is 39.5 Å². The molecular weight excluding hydrogens is 216 g/mol. The van der Waals surface area contributed by atoms with Crippen LogP contribution in [0.4, 0.5) is 0 Å². The number of aryl methyl sites for hydroxylation is 2. The van der Waals surface area contributed by atoms with Gasteiger partial charge in [0, 0.05) is 0 Å². The van der Waals surface area contributed by atoms with E-state index < -0.39 is 0 Å². The van der Waals surface area contributed by atoms with Gasteiger partial charge in [0.2, 0.25) is 0 Å². The van der Waals surface area contributed by atoms with E-state index in [1.807, 2.05) is 0 Å². The van der Waals surface area contributed by atoms with Crippen LogP contribution in [0.25, 0.3) is 11.1 Å². The summed E-state index contributed by atoms with van der Waals surface area (Å²) in [7, 11) is 0. The first-order chi connectivity index (χ1) is 8.83. The van der Waals surface area contributed by atoms with E-state index in [9.17, 15) is 0 Å². The van der Waals surface area contributed by atoms with Crippen molar-refractivity contribution < 1.29 is 0 Å². The lowest BCUT2D eigenvalue weighted by Crippen LogP contribution is -1.87. The van der Waals surface area contributed by atoms with Gasteiger partial charge in [-0.3, -0.25) is 0 Å². The van der Waals surface area contributed by atoms with E-state index in [0.717, 1.165) is 0 Å². The molecule has 0 spiro atoms. The Labute approximate surface area is 111 Å². The lowest BCUT2D eigenvalue weighted by Gasteiger charge is -2.07. The second-order valence-corrected chi connectivity index (χ2v) is 4.90. The van der Waals surface area contributed by atoms with Crippen LogP contribution in [-0.4, -0.2) is 0 Å². The Morgan fingerprint density at radius 1 is 0.667 bits per heavy atom. The third-order valence-corrected chi connectivity index (χ3v) is 3.26. The highest BCUT2D eigenvalue weighted by atomic mass is 14.1. The summed E-state index contributed by atoms with van der Waals surface area (Å²) in [6.45, 7) is 4.46. The van der Waals surface area contributed by atoms with E-state index in [4.69, 9.17) is 0 Å². The molecule has 2 rings (SSSR count). The molecular formula is C18H22. The fraction of sp³-hybridized carbons (Fsp3) is 0.333. The topological polar surface area (TPSA) is 0 Å². The maximum Gasteiger partial charge on any atom is -0.0181 e.